The molecule has 1 heterocycles. The third kappa shape index (κ3) is 6.59. The van der Waals surface area contributed by atoms with Crippen LogP contribution in [0.5, 0.6) is 0 Å². The molecular formula is C26H30F2N4O2. The highest BCUT2D eigenvalue weighted by atomic mass is 19.1. The standard InChI is InChI=1S/C26H30F2N4O2/c1-17(15-30-16-29-11-4-12-32(2)3)18-5-7-19(8-6-18)25-21(9-10-24(33)34)22-13-20(27)14-23(28)26(22)31-25/h5-8,13-14,17,31H,4,9-12,15H2,1-3H3,(H,33,34). The van der Waals surface area contributed by atoms with Gasteiger partial charge in [0, 0.05) is 29.5 Å². The number of rotatable bonds is 11. The number of carboxylic acids is 1. The molecule has 180 valence electrons. The van der Waals surface area contributed by atoms with E-state index in [1.54, 1.807) is 0 Å². The van der Waals surface area contributed by atoms with E-state index < -0.39 is 17.6 Å². The van der Waals surface area contributed by atoms with E-state index in [-0.39, 0.29) is 24.3 Å². The topological polar surface area (TPSA) is 81.0 Å². The molecular weight excluding hydrogens is 438 g/mol. The normalized spacial score (nSPS) is 12.1. The van der Waals surface area contributed by atoms with E-state index in [9.17, 15) is 13.6 Å². The molecule has 0 spiro atoms. The fraction of sp³-hybridized carbons (Fsp3) is 0.385. The van der Waals surface area contributed by atoms with Gasteiger partial charge in [0.25, 0.3) is 0 Å². The van der Waals surface area contributed by atoms with Crippen molar-refractivity contribution in [1.29, 1.82) is 0 Å². The third-order valence-corrected chi connectivity index (χ3v) is 5.67. The molecule has 6 nitrogen and oxygen atoms in total. The molecule has 0 radical (unpaired) electrons. The summed E-state index contributed by atoms with van der Waals surface area (Å²) in [5.74, 6) is -2.22. The van der Waals surface area contributed by atoms with E-state index in [2.05, 4.69) is 32.8 Å². The lowest BCUT2D eigenvalue weighted by Gasteiger charge is -2.10. The van der Waals surface area contributed by atoms with Gasteiger partial charge >= 0.3 is 5.97 Å². The van der Waals surface area contributed by atoms with Gasteiger partial charge in [0.05, 0.1) is 24.6 Å². The van der Waals surface area contributed by atoms with E-state index in [1.807, 2.05) is 38.4 Å². The first-order chi connectivity index (χ1) is 16.3. The number of nitrogens with one attached hydrogen (secondary N) is 1. The molecule has 0 saturated heterocycles. The maximum Gasteiger partial charge on any atom is 0.303 e. The number of halogens is 2. The third-order valence-electron chi connectivity index (χ3n) is 5.67. The van der Waals surface area contributed by atoms with Gasteiger partial charge in [-0.15, -0.1) is 0 Å². The molecule has 0 aliphatic heterocycles. The van der Waals surface area contributed by atoms with Gasteiger partial charge in [0.15, 0.2) is 0 Å². The molecule has 1 aromatic heterocycles. The van der Waals surface area contributed by atoms with Gasteiger partial charge in [0.2, 0.25) is 0 Å². The molecule has 2 N–H and O–H groups in total. The van der Waals surface area contributed by atoms with E-state index in [1.165, 1.54) is 6.07 Å². The Bertz CT molecular complexity index is 1200. The number of hydrogen-bond acceptors (Lipinski definition) is 4. The Morgan fingerprint density at radius 3 is 2.59 bits per heavy atom. The second-order valence-corrected chi connectivity index (χ2v) is 8.68. The fourth-order valence-electron chi connectivity index (χ4n) is 3.84. The number of aromatic nitrogens is 1. The van der Waals surface area contributed by atoms with Gasteiger partial charge in [-0.25, -0.2) is 18.8 Å². The van der Waals surface area contributed by atoms with E-state index in [0.717, 1.165) is 30.2 Å². The Labute approximate surface area is 198 Å². The van der Waals surface area contributed by atoms with Gasteiger partial charge in [-0.3, -0.25) is 4.79 Å². The van der Waals surface area contributed by atoms with Crippen molar-refractivity contribution in [3.63, 3.8) is 0 Å². The maximum absolute atomic E-state index is 14.4. The van der Waals surface area contributed by atoms with Crippen LogP contribution in [-0.4, -0.2) is 60.7 Å². The van der Waals surface area contributed by atoms with Crippen LogP contribution in [0.1, 0.15) is 36.8 Å². The molecule has 0 saturated carbocycles. The van der Waals surface area contributed by atoms with Crippen LogP contribution in [0.3, 0.4) is 0 Å². The Hall–Kier alpha value is -3.35. The van der Waals surface area contributed by atoms with Crippen LogP contribution in [0.2, 0.25) is 0 Å². The minimum atomic E-state index is -0.969. The second-order valence-electron chi connectivity index (χ2n) is 8.68. The van der Waals surface area contributed by atoms with Gasteiger partial charge in [-0.05, 0) is 56.2 Å². The van der Waals surface area contributed by atoms with Crippen molar-refractivity contribution < 1.29 is 18.7 Å². The molecule has 8 heteroatoms. The lowest BCUT2D eigenvalue weighted by molar-refractivity contribution is -0.136. The molecule has 0 fully saturated rings. The summed E-state index contributed by atoms with van der Waals surface area (Å²) >= 11 is 0. The van der Waals surface area contributed by atoms with Gasteiger partial charge in [-0.2, -0.15) is 0 Å². The summed E-state index contributed by atoms with van der Waals surface area (Å²) < 4.78 is 28.2. The largest absolute Gasteiger partial charge is 0.481 e. The number of hydrogen-bond donors (Lipinski definition) is 2. The number of benzene rings is 2. The number of nitrogens with zero attached hydrogens (tertiary/aromatic N) is 3. The summed E-state index contributed by atoms with van der Waals surface area (Å²) in [5, 5.41) is 9.49. The molecule has 0 aliphatic carbocycles. The number of aliphatic imine (C=N–C) groups is 2. The summed E-state index contributed by atoms with van der Waals surface area (Å²) in [6.45, 7) is 4.29. The van der Waals surface area contributed by atoms with Crippen LogP contribution < -0.4 is 0 Å². The molecule has 3 rings (SSSR count). The monoisotopic (exact) mass is 468 g/mol. The average Bonchev–Trinajstić information content (AvgIpc) is 3.15. The molecule has 34 heavy (non-hydrogen) atoms. The first-order valence-electron chi connectivity index (χ1n) is 11.3. The Balaban J connectivity index is 1.77. The van der Waals surface area contributed by atoms with E-state index in [0.29, 0.717) is 29.7 Å². The highest BCUT2D eigenvalue weighted by molar-refractivity contribution is 5.91. The lowest BCUT2D eigenvalue weighted by atomic mass is 9.97. The SMILES string of the molecule is CC(CN=C=NCCCN(C)C)c1ccc(-c2[nH]c3c(F)cc(F)cc3c2CCC(=O)O)cc1. The van der Waals surface area contributed by atoms with Crippen LogP contribution in [-0.2, 0) is 11.2 Å². The highest BCUT2D eigenvalue weighted by Gasteiger charge is 2.18. The van der Waals surface area contributed by atoms with Crippen LogP contribution in [0.15, 0.2) is 46.4 Å². The van der Waals surface area contributed by atoms with Crippen LogP contribution in [0.4, 0.5) is 8.78 Å². The summed E-state index contributed by atoms with van der Waals surface area (Å²) in [6, 6.07) is 12.6. The van der Waals surface area contributed by atoms with Gasteiger partial charge in [0.1, 0.15) is 11.6 Å². The van der Waals surface area contributed by atoms with Crippen molar-refractivity contribution in [1.82, 2.24) is 9.88 Å². The van der Waals surface area contributed by atoms with Gasteiger partial charge < -0.3 is 15.0 Å². The predicted octanol–water partition coefficient (Wildman–Crippen LogP) is 5.36. The van der Waals surface area contributed by atoms with E-state index >= 15 is 0 Å². The zero-order valence-electron chi connectivity index (χ0n) is 19.7. The van der Waals surface area contributed by atoms with Crippen molar-refractivity contribution in [3.8, 4) is 11.3 Å². The zero-order chi connectivity index (χ0) is 24.7. The van der Waals surface area contributed by atoms with E-state index in [4.69, 9.17) is 5.11 Å². The number of carbonyl (C=O) groups is 1. The van der Waals surface area contributed by atoms with Crippen LogP contribution in [0, 0.1) is 11.6 Å². The number of aryl methyl sites for hydroxylation is 1. The molecule has 1 atom stereocenters. The minimum Gasteiger partial charge on any atom is -0.481 e. The van der Waals surface area contributed by atoms with Crippen molar-refractivity contribution in [2.75, 3.05) is 33.7 Å². The molecule has 1 unspecified atom stereocenters. The molecule has 0 aliphatic rings. The van der Waals surface area contributed by atoms with Crippen LogP contribution >= 0.6 is 0 Å². The second kappa shape index (κ2) is 11.7. The predicted molar refractivity (Wildman–Crippen MR) is 131 cm³/mol. The minimum absolute atomic E-state index is 0.137. The van der Waals surface area contributed by atoms with Crippen molar-refractivity contribution in [3.05, 3.63) is 59.2 Å². The first kappa shape index (κ1) is 25.3. The maximum atomic E-state index is 14.4. The summed E-state index contributed by atoms with van der Waals surface area (Å²) in [7, 11) is 4.05. The Morgan fingerprint density at radius 2 is 1.91 bits per heavy atom. The zero-order valence-corrected chi connectivity index (χ0v) is 19.7. The quantitative estimate of drug-likeness (QED) is 0.294. The first-order valence-corrected chi connectivity index (χ1v) is 11.3. The molecule has 0 amide bonds. The number of fused-ring (bicyclic) bond motifs is 1. The van der Waals surface area contributed by atoms with Crippen LogP contribution in [0.25, 0.3) is 22.2 Å². The number of H-pyrrole nitrogens is 1. The smallest absolute Gasteiger partial charge is 0.303 e. The van der Waals surface area contributed by atoms with Crippen molar-refractivity contribution in [2.45, 2.75) is 32.1 Å². The highest BCUT2D eigenvalue weighted by Crippen LogP contribution is 2.34. The number of aliphatic carboxylic acids is 1. The number of aromatic amines is 1. The molecule has 3 aromatic rings. The summed E-state index contributed by atoms with van der Waals surface area (Å²) in [4.78, 5) is 24.7. The van der Waals surface area contributed by atoms with Crippen molar-refractivity contribution in [2.24, 2.45) is 9.98 Å². The molecule has 0 bridgehead atoms. The average molecular weight is 469 g/mol. The Morgan fingerprint density at radius 1 is 1.18 bits per heavy atom. The number of carboxylic acid groups (broad SMARTS) is 1. The molecule has 2 aromatic carbocycles. The summed E-state index contributed by atoms with van der Waals surface area (Å²) in [6.07, 6.45) is 0.988. The van der Waals surface area contributed by atoms with Gasteiger partial charge in [-0.1, -0.05) is 31.2 Å². The summed E-state index contributed by atoms with van der Waals surface area (Å²) in [5.41, 5.74) is 3.21. The van der Waals surface area contributed by atoms with Crippen molar-refractivity contribution >= 4 is 22.9 Å². The Kier molecular flexibility index (Phi) is 8.68. The fourth-order valence-corrected chi connectivity index (χ4v) is 3.84. The lowest BCUT2D eigenvalue weighted by Crippen LogP contribution is -2.13.